The molecule has 2 aromatic heterocycles. The Morgan fingerprint density at radius 1 is 1.30 bits per heavy atom. The summed E-state index contributed by atoms with van der Waals surface area (Å²) in [4.78, 5) is 12.2. The van der Waals surface area contributed by atoms with E-state index in [2.05, 4.69) is 25.9 Å². The molecule has 0 unspecified atom stereocenters. The number of aromatic nitrogens is 6. The fourth-order valence-corrected chi connectivity index (χ4v) is 2.25. The number of rotatable bonds is 6. The van der Waals surface area contributed by atoms with Crippen LogP contribution in [0.15, 0.2) is 42.7 Å². The van der Waals surface area contributed by atoms with Gasteiger partial charge >= 0.3 is 0 Å². The van der Waals surface area contributed by atoms with Crippen LogP contribution in [-0.4, -0.2) is 42.4 Å². The van der Waals surface area contributed by atoms with Crippen molar-refractivity contribution in [2.24, 2.45) is 7.05 Å². The number of carbonyl (C=O) groups excluding carboxylic acids is 1. The first kappa shape index (κ1) is 14.9. The van der Waals surface area contributed by atoms with Crippen molar-refractivity contribution in [1.29, 1.82) is 0 Å². The van der Waals surface area contributed by atoms with Crippen LogP contribution in [0.2, 0.25) is 0 Å². The zero-order chi connectivity index (χ0) is 16.1. The van der Waals surface area contributed by atoms with Crippen molar-refractivity contribution in [3.8, 4) is 11.4 Å². The molecule has 23 heavy (non-hydrogen) atoms. The number of tetrazole rings is 1. The van der Waals surface area contributed by atoms with Crippen molar-refractivity contribution in [3.63, 3.8) is 0 Å². The van der Waals surface area contributed by atoms with E-state index < -0.39 is 0 Å². The third kappa shape index (κ3) is 3.60. The Labute approximate surface area is 133 Å². The van der Waals surface area contributed by atoms with Gasteiger partial charge in [0.25, 0.3) is 5.91 Å². The van der Waals surface area contributed by atoms with Gasteiger partial charge in [0, 0.05) is 43.7 Å². The lowest BCUT2D eigenvalue weighted by molar-refractivity contribution is 0.0952. The first-order valence-corrected chi connectivity index (χ1v) is 7.32. The second-order valence-electron chi connectivity index (χ2n) is 5.09. The molecule has 0 spiro atoms. The van der Waals surface area contributed by atoms with E-state index in [0.29, 0.717) is 17.9 Å². The molecule has 1 N–H and O–H groups in total. The fourth-order valence-electron chi connectivity index (χ4n) is 2.25. The number of nitrogens with one attached hydrogen (secondary N) is 1. The van der Waals surface area contributed by atoms with Gasteiger partial charge in [0.2, 0.25) is 0 Å². The summed E-state index contributed by atoms with van der Waals surface area (Å²) in [6.07, 6.45) is 4.46. The second-order valence-corrected chi connectivity index (χ2v) is 5.09. The smallest absolute Gasteiger partial charge is 0.251 e. The number of nitrogens with zero attached hydrogens (tertiary/aromatic N) is 6. The fraction of sp³-hybridized carbons (Fsp3) is 0.267. The molecule has 0 aliphatic rings. The van der Waals surface area contributed by atoms with Gasteiger partial charge in [0.1, 0.15) is 0 Å². The molecule has 0 fully saturated rings. The average Bonchev–Trinajstić information content (AvgIpc) is 3.23. The molecular formula is C15H17N7O. The van der Waals surface area contributed by atoms with Gasteiger partial charge in [-0.15, -0.1) is 5.10 Å². The van der Waals surface area contributed by atoms with E-state index in [1.807, 2.05) is 29.1 Å². The lowest BCUT2D eigenvalue weighted by Crippen LogP contribution is -2.25. The second kappa shape index (κ2) is 6.82. The first-order valence-electron chi connectivity index (χ1n) is 7.32. The summed E-state index contributed by atoms with van der Waals surface area (Å²) in [6, 6.07) is 9.14. The molecule has 0 atom stereocenters. The molecule has 0 bridgehead atoms. The van der Waals surface area contributed by atoms with E-state index in [4.69, 9.17) is 0 Å². The molecule has 3 aromatic rings. The minimum atomic E-state index is -0.109. The standard InChI is InChI=1S/C15H17N7O/c1-21-14(18-19-20-21)12-5-2-6-13(11-12)15(23)16-7-3-9-22-10-4-8-17-22/h2,4-6,8,10-11H,3,7,9H2,1H3,(H,16,23). The van der Waals surface area contributed by atoms with Crippen LogP contribution in [0.4, 0.5) is 0 Å². The monoisotopic (exact) mass is 311 g/mol. The topological polar surface area (TPSA) is 90.5 Å². The van der Waals surface area contributed by atoms with Gasteiger partial charge in [0.15, 0.2) is 5.82 Å². The van der Waals surface area contributed by atoms with Gasteiger partial charge in [0.05, 0.1) is 0 Å². The molecule has 2 heterocycles. The molecule has 0 saturated carbocycles. The van der Waals surface area contributed by atoms with Gasteiger partial charge < -0.3 is 5.32 Å². The minimum Gasteiger partial charge on any atom is -0.352 e. The van der Waals surface area contributed by atoms with Crippen molar-refractivity contribution in [2.75, 3.05) is 6.54 Å². The molecule has 8 heteroatoms. The first-order chi connectivity index (χ1) is 11.2. The quantitative estimate of drug-likeness (QED) is 0.683. The van der Waals surface area contributed by atoms with E-state index in [0.717, 1.165) is 18.5 Å². The summed E-state index contributed by atoms with van der Waals surface area (Å²) in [5, 5.41) is 18.4. The summed E-state index contributed by atoms with van der Waals surface area (Å²) in [7, 11) is 1.76. The molecule has 1 amide bonds. The number of hydrogen-bond donors (Lipinski definition) is 1. The zero-order valence-electron chi connectivity index (χ0n) is 12.8. The molecule has 118 valence electrons. The third-order valence-electron chi connectivity index (χ3n) is 3.41. The number of aryl methyl sites for hydroxylation is 2. The Morgan fingerprint density at radius 3 is 2.96 bits per heavy atom. The predicted octanol–water partition coefficient (Wildman–Crippen LogP) is 0.894. The summed E-state index contributed by atoms with van der Waals surface area (Å²) in [5.74, 6) is 0.515. The Hall–Kier alpha value is -3.03. The van der Waals surface area contributed by atoms with Gasteiger partial charge in [-0.05, 0) is 35.0 Å². The number of benzene rings is 1. The lowest BCUT2D eigenvalue weighted by Gasteiger charge is -2.07. The third-order valence-corrected chi connectivity index (χ3v) is 3.41. The average molecular weight is 311 g/mol. The molecule has 0 radical (unpaired) electrons. The van der Waals surface area contributed by atoms with Crippen LogP contribution in [0.5, 0.6) is 0 Å². The van der Waals surface area contributed by atoms with E-state index in [1.54, 1.807) is 30.1 Å². The van der Waals surface area contributed by atoms with Crippen LogP contribution in [-0.2, 0) is 13.6 Å². The highest BCUT2D eigenvalue weighted by Crippen LogP contribution is 2.16. The van der Waals surface area contributed by atoms with Crippen molar-refractivity contribution in [2.45, 2.75) is 13.0 Å². The highest BCUT2D eigenvalue weighted by Gasteiger charge is 2.10. The van der Waals surface area contributed by atoms with Gasteiger partial charge in [-0.25, -0.2) is 4.68 Å². The summed E-state index contributed by atoms with van der Waals surface area (Å²) in [6.45, 7) is 1.37. The number of carbonyl (C=O) groups is 1. The Balaban J connectivity index is 1.58. The normalized spacial score (nSPS) is 10.7. The molecule has 0 aliphatic carbocycles. The highest BCUT2D eigenvalue weighted by molar-refractivity contribution is 5.95. The SMILES string of the molecule is Cn1nnnc1-c1cccc(C(=O)NCCCn2cccn2)c1. The molecule has 8 nitrogen and oxygen atoms in total. The van der Waals surface area contributed by atoms with E-state index in [1.165, 1.54) is 0 Å². The van der Waals surface area contributed by atoms with Gasteiger partial charge in [-0.2, -0.15) is 5.10 Å². The van der Waals surface area contributed by atoms with Crippen LogP contribution < -0.4 is 5.32 Å². The van der Waals surface area contributed by atoms with Crippen molar-refractivity contribution >= 4 is 5.91 Å². The van der Waals surface area contributed by atoms with Crippen LogP contribution >= 0.6 is 0 Å². The van der Waals surface area contributed by atoms with Crippen LogP contribution in [0, 0.1) is 0 Å². The largest absolute Gasteiger partial charge is 0.352 e. The van der Waals surface area contributed by atoms with E-state index in [9.17, 15) is 4.79 Å². The molecular weight excluding hydrogens is 294 g/mol. The number of hydrogen-bond acceptors (Lipinski definition) is 5. The van der Waals surface area contributed by atoms with E-state index >= 15 is 0 Å². The van der Waals surface area contributed by atoms with Gasteiger partial charge in [-0.1, -0.05) is 12.1 Å². The summed E-state index contributed by atoms with van der Waals surface area (Å²) in [5.41, 5.74) is 1.39. The summed E-state index contributed by atoms with van der Waals surface area (Å²) < 4.78 is 3.41. The molecule has 0 aliphatic heterocycles. The van der Waals surface area contributed by atoms with Crippen molar-refractivity contribution < 1.29 is 4.79 Å². The Bertz CT molecular complexity index is 779. The maximum atomic E-state index is 12.2. The Kier molecular flexibility index (Phi) is 4.41. The van der Waals surface area contributed by atoms with Crippen LogP contribution in [0.1, 0.15) is 16.8 Å². The van der Waals surface area contributed by atoms with Gasteiger partial charge in [-0.3, -0.25) is 9.48 Å². The van der Waals surface area contributed by atoms with Crippen molar-refractivity contribution in [1.82, 2.24) is 35.3 Å². The maximum Gasteiger partial charge on any atom is 0.251 e. The van der Waals surface area contributed by atoms with Crippen LogP contribution in [0.25, 0.3) is 11.4 Å². The van der Waals surface area contributed by atoms with E-state index in [-0.39, 0.29) is 5.91 Å². The van der Waals surface area contributed by atoms with Crippen LogP contribution in [0.3, 0.4) is 0 Å². The highest BCUT2D eigenvalue weighted by atomic mass is 16.1. The predicted molar refractivity (Wildman–Crippen MR) is 83.4 cm³/mol. The van der Waals surface area contributed by atoms with Crippen molar-refractivity contribution in [3.05, 3.63) is 48.3 Å². The molecule has 1 aromatic carbocycles. The lowest BCUT2D eigenvalue weighted by atomic mass is 10.1. The molecule has 3 rings (SSSR count). The zero-order valence-corrected chi connectivity index (χ0v) is 12.8. The molecule has 0 saturated heterocycles. The summed E-state index contributed by atoms with van der Waals surface area (Å²) >= 11 is 0. The Morgan fingerprint density at radius 2 is 2.22 bits per heavy atom. The minimum absolute atomic E-state index is 0.109. The number of amides is 1. The maximum absolute atomic E-state index is 12.2.